The Morgan fingerprint density at radius 1 is 1.16 bits per heavy atom. The SMILES string of the molecule is Cc1nn(-c2cc(SCc3cccc(F)c3)ncn2)c2c1CCCC2. The fourth-order valence-electron chi connectivity index (χ4n) is 3.28. The fraction of sp³-hybridized carbons (Fsp3) is 0.316. The molecule has 0 N–H and O–H groups in total. The van der Waals surface area contributed by atoms with Gasteiger partial charge in [-0.3, -0.25) is 0 Å². The molecule has 2 aromatic heterocycles. The Kier molecular flexibility index (Phi) is 4.53. The van der Waals surface area contributed by atoms with Crippen LogP contribution in [0.2, 0.25) is 0 Å². The molecule has 128 valence electrons. The molecular weight excluding hydrogens is 335 g/mol. The van der Waals surface area contributed by atoms with Crippen molar-refractivity contribution in [3.05, 3.63) is 65.0 Å². The highest BCUT2D eigenvalue weighted by Gasteiger charge is 2.20. The Balaban J connectivity index is 1.58. The van der Waals surface area contributed by atoms with E-state index in [1.54, 1.807) is 30.2 Å². The average Bonchev–Trinajstić information content (AvgIpc) is 2.98. The number of fused-ring (bicyclic) bond motifs is 1. The van der Waals surface area contributed by atoms with Crippen molar-refractivity contribution < 1.29 is 4.39 Å². The van der Waals surface area contributed by atoms with Gasteiger partial charge >= 0.3 is 0 Å². The summed E-state index contributed by atoms with van der Waals surface area (Å²) in [4.78, 5) is 8.75. The van der Waals surface area contributed by atoms with Crippen molar-refractivity contribution >= 4 is 11.8 Å². The molecule has 0 atom stereocenters. The Labute approximate surface area is 150 Å². The number of benzene rings is 1. The van der Waals surface area contributed by atoms with E-state index in [2.05, 4.69) is 16.9 Å². The van der Waals surface area contributed by atoms with Crippen LogP contribution in [0.4, 0.5) is 4.39 Å². The third-order valence-corrected chi connectivity index (χ3v) is 5.50. The molecule has 0 radical (unpaired) electrons. The van der Waals surface area contributed by atoms with Gasteiger partial charge in [0.05, 0.1) is 5.69 Å². The third kappa shape index (κ3) is 3.44. The summed E-state index contributed by atoms with van der Waals surface area (Å²) in [5.41, 5.74) is 4.70. The maximum Gasteiger partial charge on any atom is 0.158 e. The van der Waals surface area contributed by atoms with Crippen LogP contribution in [0.15, 0.2) is 41.7 Å². The van der Waals surface area contributed by atoms with Gasteiger partial charge in [-0.1, -0.05) is 12.1 Å². The van der Waals surface area contributed by atoms with Crippen LogP contribution in [0.25, 0.3) is 5.82 Å². The minimum Gasteiger partial charge on any atom is -0.230 e. The van der Waals surface area contributed by atoms with Gasteiger partial charge in [0.25, 0.3) is 0 Å². The van der Waals surface area contributed by atoms with E-state index in [0.717, 1.165) is 34.9 Å². The van der Waals surface area contributed by atoms with Crippen LogP contribution in [0.3, 0.4) is 0 Å². The summed E-state index contributed by atoms with van der Waals surface area (Å²) < 4.78 is 15.3. The number of halogens is 1. The lowest BCUT2D eigenvalue weighted by molar-refractivity contribution is 0.626. The third-order valence-electron chi connectivity index (χ3n) is 4.50. The average molecular weight is 354 g/mol. The highest BCUT2D eigenvalue weighted by Crippen LogP contribution is 2.27. The molecule has 4 rings (SSSR count). The maximum absolute atomic E-state index is 13.3. The highest BCUT2D eigenvalue weighted by molar-refractivity contribution is 7.98. The predicted molar refractivity (Wildman–Crippen MR) is 96.5 cm³/mol. The van der Waals surface area contributed by atoms with Crippen molar-refractivity contribution in [1.82, 2.24) is 19.7 Å². The molecule has 0 saturated heterocycles. The van der Waals surface area contributed by atoms with Crippen LogP contribution < -0.4 is 0 Å². The van der Waals surface area contributed by atoms with Crippen molar-refractivity contribution in [2.75, 3.05) is 0 Å². The normalized spacial score (nSPS) is 13.7. The molecule has 1 aliphatic carbocycles. The number of rotatable bonds is 4. The number of aromatic nitrogens is 4. The van der Waals surface area contributed by atoms with Crippen LogP contribution in [0.5, 0.6) is 0 Å². The number of aryl methyl sites for hydroxylation is 1. The van der Waals surface area contributed by atoms with Gasteiger partial charge < -0.3 is 0 Å². The van der Waals surface area contributed by atoms with Crippen molar-refractivity contribution in [2.45, 2.75) is 43.4 Å². The van der Waals surface area contributed by atoms with Gasteiger partial charge in [0.1, 0.15) is 17.2 Å². The molecule has 1 aromatic carbocycles. The summed E-state index contributed by atoms with van der Waals surface area (Å²) in [6, 6.07) is 8.63. The molecule has 0 bridgehead atoms. The van der Waals surface area contributed by atoms with Crippen LogP contribution in [-0.4, -0.2) is 19.7 Å². The van der Waals surface area contributed by atoms with E-state index in [1.165, 1.54) is 30.2 Å². The minimum absolute atomic E-state index is 0.208. The molecule has 4 nitrogen and oxygen atoms in total. The van der Waals surface area contributed by atoms with E-state index >= 15 is 0 Å². The van der Waals surface area contributed by atoms with Gasteiger partial charge in [-0.05, 0) is 55.9 Å². The van der Waals surface area contributed by atoms with Gasteiger partial charge in [0.2, 0.25) is 0 Å². The molecular formula is C19H19FN4S. The predicted octanol–water partition coefficient (Wildman–Crippen LogP) is 4.28. The zero-order valence-electron chi connectivity index (χ0n) is 14.1. The van der Waals surface area contributed by atoms with Crippen LogP contribution >= 0.6 is 11.8 Å². The van der Waals surface area contributed by atoms with Crippen molar-refractivity contribution in [1.29, 1.82) is 0 Å². The largest absolute Gasteiger partial charge is 0.230 e. The summed E-state index contributed by atoms with van der Waals surface area (Å²) in [6.07, 6.45) is 6.16. The molecule has 0 unspecified atom stereocenters. The van der Waals surface area contributed by atoms with Crippen LogP contribution in [-0.2, 0) is 18.6 Å². The van der Waals surface area contributed by atoms with E-state index < -0.39 is 0 Å². The molecule has 1 aliphatic rings. The fourth-order valence-corrected chi connectivity index (χ4v) is 4.09. The van der Waals surface area contributed by atoms with Gasteiger partial charge in [-0.25, -0.2) is 19.0 Å². The molecule has 0 amide bonds. The molecule has 25 heavy (non-hydrogen) atoms. The van der Waals surface area contributed by atoms with E-state index in [9.17, 15) is 4.39 Å². The van der Waals surface area contributed by atoms with Gasteiger partial charge in [0.15, 0.2) is 5.82 Å². The van der Waals surface area contributed by atoms with E-state index in [0.29, 0.717) is 5.75 Å². The second-order valence-corrected chi connectivity index (χ2v) is 7.26. The molecule has 2 heterocycles. The van der Waals surface area contributed by atoms with E-state index in [-0.39, 0.29) is 5.82 Å². The van der Waals surface area contributed by atoms with Gasteiger partial charge in [-0.15, -0.1) is 11.8 Å². The second kappa shape index (κ2) is 6.96. The molecule has 0 saturated carbocycles. The molecule has 6 heteroatoms. The molecule has 0 aliphatic heterocycles. The highest BCUT2D eigenvalue weighted by atomic mass is 32.2. The second-order valence-electron chi connectivity index (χ2n) is 6.26. The van der Waals surface area contributed by atoms with Gasteiger partial charge in [0, 0.05) is 17.5 Å². The van der Waals surface area contributed by atoms with Crippen molar-refractivity contribution in [3.63, 3.8) is 0 Å². The Hall–Kier alpha value is -2.21. The molecule has 0 spiro atoms. The first-order chi connectivity index (χ1) is 12.2. The topological polar surface area (TPSA) is 43.6 Å². The lowest BCUT2D eigenvalue weighted by Gasteiger charge is -2.13. The summed E-state index contributed by atoms with van der Waals surface area (Å²) in [5.74, 6) is 1.27. The van der Waals surface area contributed by atoms with Crippen LogP contribution in [0, 0.1) is 12.7 Å². The maximum atomic E-state index is 13.3. The lowest BCUT2D eigenvalue weighted by Crippen LogP contribution is -2.09. The quantitative estimate of drug-likeness (QED) is 0.518. The lowest BCUT2D eigenvalue weighted by atomic mass is 9.96. The Morgan fingerprint density at radius 2 is 2.04 bits per heavy atom. The number of hydrogen-bond donors (Lipinski definition) is 0. The molecule has 3 aromatic rings. The van der Waals surface area contributed by atoms with Gasteiger partial charge in [-0.2, -0.15) is 5.10 Å². The first-order valence-electron chi connectivity index (χ1n) is 8.48. The van der Waals surface area contributed by atoms with E-state index in [1.807, 2.05) is 16.8 Å². The van der Waals surface area contributed by atoms with Crippen molar-refractivity contribution in [3.8, 4) is 5.82 Å². The minimum atomic E-state index is -0.208. The Bertz CT molecular complexity index is 906. The first kappa shape index (κ1) is 16.3. The number of thioether (sulfide) groups is 1. The smallest absolute Gasteiger partial charge is 0.158 e. The summed E-state index contributed by atoms with van der Waals surface area (Å²) in [7, 11) is 0. The zero-order chi connectivity index (χ0) is 17.2. The first-order valence-corrected chi connectivity index (χ1v) is 9.46. The molecule has 0 fully saturated rings. The van der Waals surface area contributed by atoms with E-state index in [4.69, 9.17) is 5.10 Å². The number of nitrogens with zero attached hydrogens (tertiary/aromatic N) is 4. The zero-order valence-corrected chi connectivity index (χ0v) is 14.9. The summed E-state index contributed by atoms with van der Waals surface area (Å²) in [6.45, 7) is 2.07. The standard InChI is InChI=1S/C19H19FN4S/c1-13-16-7-2-3-8-17(16)24(23-13)18-10-19(22-12-21-18)25-11-14-5-4-6-15(20)9-14/h4-6,9-10,12H,2-3,7-8,11H2,1H3. The Morgan fingerprint density at radius 3 is 2.92 bits per heavy atom. The van der Waals surface area contributed by atoms with Crippen LogP contribution in [0.1, 0.15) is 35.4 Å². The monoisotopic (exact) mass is 354 g/mol. The van der Waals surface area contributed by atoms with Crippen molar-refractivity contribution in [2.24, 2.45) is 0 Å². The summed E-state index contributed by atoms with van der Waals surface area (Å²) >= 11 is 1.58. The number of hydrogen-bond acceptors (Lipinski definition) is 4. The summed E-state index contributed by atoms with van der Waals surface area (Å²) in [5, 5.41) is 5.57.